The molecule has 5 rings (SSSR count). The van der Waals surface area contributed by atoms with Gasteiger partial charge in [0.05, 0.1) is 24.4 Å². The van der Waals surface area contributed by atoms with Gasteiger partial charge in [0.1, 0.15) is 5.75 Å². The summed E-state index contributed by atoms with van der Waals surface area (Å²) in [4.78, 5) is 26.6. The van der Waals surface area contributed by atoms with Crippen LogP contribution in [0.25, 0.3) is 22.3 Å². The number of ketones is 1. The minimum Gasteiger partial charge on any atom is -0.496 e. The molecule has 3 heterocycles. The van der Waals surface area contributed by atoms with Crippen LogP contribution in [0.4, 0.5) is 17.3 Å². The van der Waals surface area contributed by atoms with Crippen LogP contribution in [0, 0.1) is 0 Å². The number of aromatic amines is 1. The predicted octanol–water partition coefficient (Wildman–Crippen LogP) is 4.99. The summed E-state index contributed by atoms with van der Waals surface area (Å²) < 4.78 is 5.70. The van der Waals surface area contributed by atoms with Crippen LogP contribution in [0.2, 0.25) is 0 Å². The predicted molar refractivity (Wildman–Crippen MR) is 156 cm³/mol. The van der Waals surface area contributed by atoms with Crippen molar-refractivity contribution in [3.05, 3.63) is 66.4 Å². The molecule has 0 bridgehead atoms. The number of nitrogens with one attached hydrogen (secondary N) is 2. The average molecular weight is 526 g/mol. The van der Waals surface area contributed by atoms with E-state index >= 15 is 0 Å². The molecule has 1 aliphatic rings. The first-order valence-corrected chi connectivity index (χ1v) is 13.3. The van der Waals surface area contributed by atoms with Crippen LogP contribution >= 0.6 is 0 Å². The van der Waals surface area contributed by atoms with Crippen LogP contribution in [0.15, 0.2) is 60.8 Å². The number of anilines is 3. The number of methoxy groups -OCH3 is 1. The Hall–Kier alpha value is -4.24. The monoisotopic (exact) mass is 525 g/mol. The highest BCUT2D eigenvalue weighted by Gasteiger charge is 2.17. The van der Waals surface area contributed by atoms with Crippen LogP contribution in [0.1, 0.15) is 24.8 Å². The molecule has 0 amide bonds. The SMILES string of the molecule is COc1ccc(CC(=O)/C=C/CN(C)C)cc1-c1nc(Nc2cccc(N3CCCCC3)c2)nc2[nH]ncc12. The van der Waals surface area contributed by atoms with Crippen molar-refractivity contribution in [3.8, 4) is 17.0 Å². The molecule has 2 aromatic heterocycles. The Kier molecular flexibility index (Phi) is 8.17. The zero-order valence-corrected chi connectivity index (χ0v) is 22.8. The lowest BCUT2D eigenvalue weighted by Crippen LogP contribution is -2.29. The standard InChI is InChI=1S/C30H35N7O2/c1-36(2)14-8-11-24(38)17-21-12-13-27(39-3)25(18-21)28-26-20-31-35-29(26)34-30(33-28)32-22-9-7-10-23(19-22)37-15-5-4-6-16-37/h7-13,18-20H,4-6,14-17H2,1-3H3,(H2,31,32,33,34,35)/b11-8+. The van der Waals surface area contributed by atoms with E-state index in [1.54, 1.807) is 19.4 Å². The fourth-order valence-corrected chi connectivity index (χ4v) is 4.86. The van der Waals surface area contributed by atoms with Crippen LogP contribution in [0.3, 0.4) is 0 Å². The second-order valence-corrected chi connectivity index (χ2v) is 10.1. The minimum absolute atomic E-state index is 0.0417. The molecular weight excluding hydrogens is 490 g/mol. The van der Waals surface area contributed by atoms with Gasteiger partial charge in [0.2, 0.25) is 5.95 Å². The summed E-state index contributed by atoms with van der Waals surface area (Å²) in [7, 11) is 5.57. The number of aromatic nitrogens is 4. The molecule has 2 aromatic carbocycles. The highest BCUT2D eigenvalue weighted by atomic mass is 16.5. The number of hydrogen-bond donors (Lipinski definition) is 2. The van der Waals surface area contributed by atoms with Crippen LogP contribution in [-0.2, 0) is 11.2 Å². The van der Waals surface area contributed by atoms with Crippen LogP contribution in [0.5, 0.6) is 5.75 Å². The number of nitrogens with zero attached hydrogens (tertiary/aromatic N) is 5. The number of fused-ring (bicyclic) bond motifs is 1. The number of carbonyl (C=O) groups excluding carboxylic acids is 1. The molecule has 0 aliphatic carbocycles. The van der Waals surface area contributed by atoms with Gasteiger partial charge in [-0.15, -0.1) is 0 Å². The summed E-state index contributed by atoms with van der Waals surface area (Å²) in [5, 5.41) is 11.4. The van der Waals surface area contributed by atoms with E-state index in [0.717, 1.165) is 41.8 Å². The summed E-state index contributed by atoms with van der Waals surface area (Å²) in [6.07, 6.45) is 9.26. The smallest absolute Gasteiger partial charge is 0.229 e. The third-order valence-electron chi connectivity index (χ3n) is 6.80. The first-order valence-electron chi connectivity index (χ1n) is 13.3. The van der Waals surface area contributed by atoms with Crippen molar-refractivity contribution >= 4 is 34.1 Å². The maximum atomic E-state index is 12.6. The van der Waals surface area contributed by atoms with E-state index in [0.29, 0.717) is 23.0 Å². The lowest BCUT2D eigenvalue weighted by Gasteiger charge is -2.29. The molecule has 0 unspecified atom stereocenters. The van der Waals surface area contributed by atoms with Gasteiger partial charge in [-0.1, -0.05) is 18.2 Å². The third-order valence-corrected chi connectivity index (χ3v) is 6.80. The number of piperidine rings is 1. The zero-order chi connectivity index (χ0) is 27.2. The largest absolute Gasteiger partial charge is 0.496 e. The van der Waals surface area contributed by atoms with Crippen molar-refractivity contribution in [2.75, 3.05) is 51.1 Å². The number of likely N-dealkylation sites (N-methyl/N-ethyl adjacent to an activating group) is 1. The van der Waals surface area contributed by atoms with Crippen molar-refractivity contribution in [3.63, 3.8) is 0 Å². The molecule has 4 aromatic rings. The Morgan fingerprint density at radius 3 is 2.77 bits per heavy atom. The number of H-pyrrole nitrogens is 1. The van der Waals surface area contributed by atoms with Crippen LogP contribution in [-0.4, -0.2) is 71.7 Å². The van der Waals surface area contributed by atoms with Crippen LogP contribution < -0.4 is 15.0 Å². The highest BCUT2D eigenvalue weighted by molar-refractivity contribution is 5.94. The Bertz CT molecular complexity index is 1470. The molecule has 0 radical (unpaired) electrons. The van der Waals surface area contributed by atoms with E-state index in [1.807, 2.05) is 49.3 Å². The van der Waals surface area contributed by atoms with Gasteiger partial charge in [-0.3, -0.25) is 9.89 Å². The Morgan fingerprint density at radius 1 is 1.13 bits per heavy atom. The number of benzene rings is 2. The number of hydrogen-bond acceptors (Lipinski definition) is 8. The van der Waals surface area contributed by atoms with Gasteiger partial charge in [-0.2, -0.15) is 10.1 Å². The summed E-state index contributed by atoms with van der Waals surface area (Å²) in [5.41, 5.74) is 5.06. The van der Waals surface area contributed by atoms with E-state index in [9.17, 15) is 4.79 Å². The number of allylic oxidation sites excluding steroid dienone is 1. The summed E-state index contributed by atoms with van der Waals surface area (Å²) in [6, 6.07) is 14.1. The number of ether oxygens (including phenoxy) is 1. The van der Waals surface area contributed by atoms with Gasteiger partial charge < -0.3 is 19.9 Å². The fraction of sp³-hybridized carbons (Fsp3) is 0.333. The first kappa shape index (κ1) is 26.4. The number of rotatable bonds is 10. The van der Waals surface area contributed by atoms with Gasteiger partial charge in [0, 0.05) is 43.0 Å². The molecule has 1 fully saturated rings. The van der Waals surface area contributed by atoms with Gasteiger partial charge in [0.25, 0.3) is 0 Å². The number of carbonyl (C=O) groups is 1. The third kappa shape index (κ3) is 6.43. The Morgan fingerprint density at radius 2 is 1.97 bits per heavy atom. The second kappa shape index (κ2) is 12.1. The molecule has 202 valence electrons. The maximum absolute atomic E-state index is 12.6. The molecule has 1 saturated heterocycles. The normalized spacial score (nSPS) is 13.9. The van der Waals surface area contributed by atoms with Crippen molar-refractivity contribution < 1.29 is 9.53 Å². The molecule has 0 atom stereocenters. The van der Waals surface area contributed by atoms with Crippen molar-refractivity contribution in [1.82, 2.24) is 25.1 Å². The lowest BCUT2D eigenvalue weighted by molar-refractivity contribution is -0.114. The quantitative estimate of drug-likeness (QED) is 0.279. The van der Waals surface area contributed by atoms with E-state index in [4.69, 9.17) is 9.72 Å². The molecule has 9 nitrogen and oxygen atoms in total. The van der Waals surface area contributed by atoms with Gasteiger partial charge in [-0.25, -0.2) is 4.98 Å². The molecule has 0 spiro atoms. The maximum Gasteiger partial charge on any atom is 0.229 e. The summed E-state index contributed by atoms with van der Waals surface area (Å²) in [6.45, 7) is 2.87. The first-order chi connectivity index (χ1) is 19.0. The minimum atomic E-state index is 0.0417. The zero-order valence-electron chi connectivity index (χ0n) is 22.8. The van der Waals surface area contributed by atoms with Gasteiger partial charge >= 0.3 is 0 Å². The van der Waals surface area contributed by atoms with E-state index < -0.39 is 0 Å². The van der Waals surface area contributed by atoms with Crippen molar-refractivity contribution in [1.29, 1.82) is 0 Å². The fourth-order valence-electron chi connectivity index (χ4n) is 4.86. The van der Waals surface area contributed by atoms with E-state index in [-0.39, 0.29) is 12.2 Å². The Labute approximate surface area is 228 Å². The lowest BCUT2D eigenvalue weighted by atomic mass is 10.0. The van der Waals surface area contributed by atoms with Crippen molar-refractivity contribution in [2.24, 2.45) is 0 Å². The topological polar surface area (TPSA) is 99.3 Å². The molecule has 2 N–H and O–H groups in total. The molecule has 0 saturated carbocycles. The molecule has 9 heteroatoms. The van der Waals surface area contributed by atoms with E-state index in [2.05, 4.69) is 43.6 Å². The molecular formula is C30H35N7O2. The Balaban J connectivity index is 1.45. The average Bonchev–Trinajstić information content (AvgIpc) is 3.42. The van der Waals surface area contributed by atoms with Gasteiger partial charge in [-0.05, 0) is 75.3 Å². The van der Waals surface area contributed by atoms with Crippen molar-refractivity contribution in [2.45, 2.75) is 25.7 Å². The summed E-state index contributed by atoms with van der Waals surface area (Å²) in [5.74, 6) is 1.15. The summed E-state index contributed by atoms with van der Waals surface area (Å²) >= 11 is 0. The van der Waals surface area contributed by atoms with E-state index in [1.165, 1.54) is 24.9 Å². The molecule has 39 heavy (non-hydrogen) atoms. The highest BCUT2D eigenvalue weighted by Crippen LogP contribution is 2.35. The molecule has 1 aliphatic heterocycles. The second-order valence-electron chi connectivity index (χ2n) is 10.1. The van der Waals surface area contributed by atoms with Gasteiger partial charge in [0.15, 0.2) is 11.4 Å².